The quantitative estimate of drug-likeness (QED) is 0.744. The summed E-state index contributed by atoms with van der Waals surface area (Å²) in [5.41, 5.74) is 7.05. The Hall–Kier alpha value is -1.88. The first kappa shape index (κ1) is 13.5. The van der Waals surface area contributed by atoms with Gasteiger partial charge in [0.25, 0.3) is 0 Å². The van der Waals surface area contributed by atoms with E-state index >= 15 is 0 Å². The summed E-state index contributed by atoms with van der Waals surface area (Å²) in [7, 11) is 0. The van der Waals surface area contributed by atoms with Gasteiger partial charge in [0.2, 0.25) is 0 Å². The Kier molecular flexibility index (Phi) is 4.92. The molecular formula is C14H19N3O2. The number of rotatable bonds is 7. The number of hydrogen-bond acceptors (Lipinski definition) is 4. The molecule has 2 rings (SSSR count). The van der Waals surface area contributed by atoms with Crippen molar-refractivity contribution in [3.05, 3.63) is 52.3 Å². The van der Waals surface area contributed by atoms with Gasteiger partial charge in [-0.2, -0.15) is 0 Å². The Morgan fingerprint density at radius 3 is 2.68 bits per heavy atom. The number of H-pyrrole nitrogens is 1. The largest absolute Gasteiger partial charge is 0.438 e. The van der Waals surface area contributed by atoms with Gasteiger partial charge in [-0.3, -0.25) is 9.51 Å². The highest BCUT2D eigenvalue weighted by Crippen LogP contribution is 2.17. The normalized spacial score (nSPS) is 12.5. The predicted octanol–water partition coefficient (Wildman–Crippen LogP) is 1.82. The van der Waals surface area contributed by atoms with Gasteiger partial charge in [0, 0.05) is 12.5 Å². The van der Waals surface area contributed by atoms with Crippen molar-refractivity contribution >= 4 is 0 Å². The maximum Gasteiger partial charge on any atom is 0.438 e. The maximum atomic E-state index is 10.9. The second-order valence-corrected chi connectivity index (χ2v) is 4.64. The number of aromatic nitrogens is 2. The zero-order chi connectivity index (χ0) is 13.5. The Morgan fingerprint density at radius 1 is 1.26 bits per heavy atom. The lowest BCUT2D eigenvalue weighted by Gasteiger charge is -2.10. The lowest BCUT2D eigenvalue weighted by molar-refractivity contribution is 0.375. The number of aromatic amines is 1. The van der Waals surface area contributed by atoms with Crippen LogP contribution in [0, 0.1) is 0 Å². The molecule has 1 atom stereocenters. The summed E-state index contributed by atoms with van der Waals surface area (Å²) in [6.07, 6.45) is 4.12. The molecule has 0 aliphatic heterocycles. The summed E-state index contributed by atoms with van der Waals surface area (Å²) < 4.78 is 4.51. The van der Waals surface area contributed by atoms with Gasteiger partial charge < -0.3 is 5.73 Å². The van der Waals surface area contributed by atoms with Gasteiger partial charge in [-0.15, -0.1) is 0 Å². The molecule has 0 radical (unpaired) electrons. The summed E-state index contributed by atoms with van der Waals surface area (Å²) in [5, 5.41) is 3.70. The van der Waals surface area contributed by atoms with Crippen LogP contribution in [0.25, 0.3) is 0 Å². The van der Waals surface area contributed by atoms with Crippen LogP contribution in [0.15, 0.2) is 39.6 Å². The molecule has 5 nitrogen and oxygen atoms in total. The molecule has 5 heteroatoms. The van der Waals surface area contributed by atoms with Crippen molar-refractivity contribution in [3.8, 4) is 0 Å². The highest BCUT2D eigenvalue weighted by molar-refractivity contribution is 5.14. The average Bonchev–Trinajstić information content (AvgIpc) is 2.86. The molecule has 0 aliphatic carbocycles. The van der Waals surface area contributed by atoms with Crippen molar-refractivity contribution in [3.63, 3.8) is 0 Å². The summed E-state index contributed by atoms with van der Waals surface area (Å²) >= 11 is 0. The van der Waals surface area contributed by atoms with Crippen molar-refractivity contribution in [2.24, 2.45) is 5.73 Å². The van der Waals surface area contributed by atoms with Gasteiger partial charge >= 0.3 is 5.76 Å². The monoisotopic (exact) mass is 261 g/mol. The predicted molar refractivity (Wildman–Crippen MR) is 72.9 cm³/mol. The first-order valence-corrected chi connectivity index (χ1v) is 6.59. The fourth-order valence-corrected chi connectivity index (χ4v) is 2.15. The van der Waals surface area contributed by atoms with Crippen LogP contribution >= 0.6 is 0 Å². The number of benzene rings is 1. The third-order valence-electron chi connectivity index (χ3n) is 3.24. The van der Waals surface area contributed by atoms with E-state index in [0.717, 1.165) is 25.7 Å². The molecule has 0 aliphatic rings. The molecule has 0 bridgehead atoms. The average molecular weight is 261 g/mol. The summed E-state index contributed by atoms with van der Waals surface area (Å²) in [6.45, 7) is 0.466. The number of unbranched alkanes of at least 4 members (excludes halogenated alkanes) is 1. The van der Waals surface area contributed by atoms with Gasteiger partial charge in [0.1, 0.15) is 0 Å². The Balaban J connectivity index is 1.76. The molecule has 2 aromatic rings. The number of aryl methyl sites for hydroxylation is 1. The zero-order valence-corrected chi connectivity index (χ0v) is 10.8. The molecule has 19 heavy (non-hydrogen) atoms. The van der Waals surface area contributed by atoms with Crippen molar-refractivity contribution in [2.75, 3.05) is 6.54 Å². The van der Waals surface area contributed by atoms with Crippen LogP contribution in [0.2, 0.25) is 0 Å². The van der Waals surface area contributed by atoms with Gasteiger partial charge in [0.05, 0.1) is 0 Å². The second kappa shape index (κ2) is 6.89. The molecule has 3 N–H and O–H groups in total. The van der Waals surface area contributed by atoms with Crippen LogP contribution in [-0.4, -0.2) is 16.7 Å². The Morgan fingerprint density at radius 2 is 2.05 bits per heavy atom. The first-order chi connectivity index (χ1) is 9.29. The van der Waals surface area contributed by atoms with E-state index in [1.807, 2.05) is 6.07 Å². The number of nitrogens with two attached hydrogens (primary N) is 1. The van der Waals surface area contributed by atoms with Crippen LogP contribution in [0.3, 0.4) is 0 Å². The molecule has 1 unspecified atom stereocenters. The number of nitrogens with one attached hydrogen (secondary N) is 1. The minimum atomic E-state index is -0.516. The van der Waals surface area contributed by atoms with Gasteiger partial charge in [-0.05, 0) is 24.8 Å². The van der Waals surface area contributed by atoms with E-state index in [2.05, 4.69) is 38.9 Å². The minimum Gasteiger partial charge on any atom is -0.330 e. The van der Waals surface area contributed by atoms with E-state index in [-0.39, 0.29) is 5.92 Å². The van der Waals surface area contributed by atoms with Crippen LogP contribution in [-0.2, 0) is 6.42 Å². The Bertz CT molecular complexity index is 533. The van der Waals surface area contributed by atoms with Crippen molar-refractivity contribution in [1.29, 1.82) is 0 Å². The fourth-order valence-electron chi connectivity index (χ4n) is 2.15. The third-order valence-corrected chi connectivity index (χ3v) is 3.24. The van der Waals surface area contributed by atoms with E-state index in [1.54, 1.807) is 0 Å². The standard InChI is InChI=1S/C14H19N3O2/c15-10-12(13-16-14(18)19-17-13)9-5-4-8-11-6-2-1-3-7-11/h1-3,6-7,12H,4-5,8-10,15H2,(H,16,17,18). The van der Waals surface area contributed by atoms with E-state index in [0.29, 0.717) is 12.4 Å². The highest BCUT2D eigenvalue weighted by Gasteiger charge is 2.14. The van der Waals surface area contributed by atoms with E-state index in [1.165, 1.54) is 5.56 Å². The van der Waals surface area contributed by atoms with Crippen LogP contribution < -0.4 is 11.5 Å². The molecule has 0 spiro atoms. The van der Waals surface area contributed by atoms with Crippen molar-refractivity contribution in [2.45, 2.75) is 31.6 Å². The molecule has 102 valence electrons. The molecule has 0 amide bonds. The van der Waals surface area contributed by atoms with Crippen LogP contribution in [0.1, 0.15) is 36.6 Å². The molecule has 1 aromatic heterocycles. The van der Waals surface area contributed by atoms with E-state index in [9.17, 15) is 4.79 Å². The van der Waals surface area contributed by atoms with Gasteiger partial charge in [-0.25, -0.2) is 4.79 Å². The molecule has 0 saturated heterocycles. The van der Waals surface area contributed by atoms with E-state index < -0.39 is 5.76 Å². The maximum absolute atomic E-state index is 10.9. The topological polar surface area (TPSA) is 84.9 Å². The molecule has 0 fully saturated rings. The summed E-state index contributed by atoms with van der Waals surface area (Å²) in [5.74, 6) is 0.118. The molecular weight excluding hydrogens is 242 g/mol. The highest BCUT2D eigenvalue weighted by atomic mass is 16.5. The van der Waals surface area contributed by atoms with E-state index in [4.69, 9.17) is 5.73 Å². The molecule has 1 aromatic carbocycles. The van der Waals surface area contributed by atoms with Crippen molar-refractivity contribution < 1.29 is 4.52 Å². The van der Waals surface area contributed by atoms with Crippen molar-refractivity contribution in [1.82, 2.24) is 10.1 Å². The third kappa shape index (κ3) is 4.06. The molecule has 1 heterocycles. The minimum absolute atomic E-state index is 0.0715. The fraction of sp³-hybridized carbons (Fsp3) is 0.429. The summed E-state index contributed by atoms with van der Waals surface area (Å²) in [4.78, 5) is 13.5. The van der Waals surface area contributed by atoms with Crippen LogP contribution in [0.4, 0.5) is 0 Å². The molecule has 0 saturated carbocycles. The van der Waals surface area contributed by atoms with Gasteiger partial charge in [-0.1, -0.05) is 41.9 Å². The Labute approximate surface area is 111 Å². The van der Waals surface area contributed by atoms with Crippen LogP contribution in [0.5, 0.6) is 0 Å². The lowest BCUT2D eigenvalue weighted by atomic mass is 9.99. The zero-order valence-electron chi connectivity index (χ0n) is 10.8. The number of nitrogens with zero attached hydrogens (tertiary/aromatic N) is 1. The summed E-state index contributed by atoms with van der Waals surface area (Å²) in [6, 6.07) is 10.4. The smallest absolute Gasteiger partial charge is 0.330 e. The SMILES string of the molecule is NCC(CCCCc1ccccc1)c1noc(=O)[nH]1. The number of hydrogen-bond donors (Lipinski definition) is 2. The first-order valence-electron chi connectivity index (χ1n) is 6.59. The van der Waals surface area contributed by atoms with Gasteiger partial charge in [0.15, 0.2) is 5.82 Å². The second-order valence-electron chi connectivity index (χ2n) is 4.64. The lowest BCUT2D eigenvalue weighted by Crippen LogP contribution is -2.15.